The molecule has 2 atom stereocenters. The second kappa shape index (κ2) is 5.27. The fourth-order valence-corrected chi connectivity index (χ4v) is 4.87. The van der Waals surface area contributed by atoms with Crippen LogP contribution in [0.1, 0.15) is 17.4 Å². The van der Waals surface area contributed by atoms with Gasteiger partial charge in [0.05, 0.1) is 21.9 Å². The summed E-state index contributed by atoms with van der Waals surface area (Å²) >= 11 is 15.2. The normalized spacial score (nSPS) is 24.1. The molecule has 2 unspecified atom stereocenters. The fourth-order valence-electron chi connectivity index (χ4n) is 2.06. The lowest BCUT2D eigenvalue weighted by molar-refractivity contribution is 0.535. The van der Waals surface area contributed by atoms with Crippen molar-refractivity contribution in [1.29, 1.82) is 0 Å². The third-order valence-electron chi connectivity index (χ3n) is 3.02. The second-order valence-electron chi connectivity index (χ2n) is 4.35. The Balaban J connectivity index is 2.30. The lowest BCUT2D eigenvalue weighted by Crippen LogP contribution is -2.11. The van der Waals surface area contributed by atoms with Crippen molar-refractivity contribution in [3.8, 4) is 0 Å². The van der Waals surface area contributed by atoms with Crippen molar-refractivity contribution in [3.05, 3.63) is 33.0 Å². The van der Waals surface area contributed by atoms with E-state index in [1.165, 1.54) is 12.1 Å². The molecule has 1 fully saturated rings. The highest BCUT2D eigenvalue weighted by molar-refractivity contribution is 9.10. The average molecular weight is 376 g/mol. The quantitative estimate of drug-likeness (QED) is 0.579. The van der Waals surface area contributed by atoms with Gasteiger partial charge in [-0.15, -0.1) is 11.6 Å². The van der Waals surface area contributed by atoms with E-state index in [-0.39, 0.29) is 23.0 Å². The van der Waals surface area contributed by atoms with Gasteiger partial charge in [0, 0.05) is 10.0 Å². The second-order valence-corrected chi connectivity index (χ2v) is 8.31. The molecule has 0 N–H and O–H groups in total. The molecule has 1 aromatic rings. The Morgan fingerprint density at radius 1 is 1.44 bits per heavy atom. The van der Waals surface area contributed by atoms with Gasteiger partial charge in [0.15, 0.2) is 9.84 Å². The summed E-state index contributed by atoms with van der Waals surface area (Å²) in [5.74, 6) is -0.611. The first-order valence-corrected chi connectivity index (χ1v) is 8.72. The molecule has 0 spiro atoms. The maximum Gasteiger partial charge on any atom is 0.150 e. The zero-order valence-electron chi connectivity index (χ0n) is 9.17. The molecule has 18 heavy (non-hydrogen) atoms. The van der Waals surface area contributed by atoms with E-state index in [0.717, 1.165) is 0 Å². The molecule has 1 aromatic carbocycles. The molecular formula is C11H10BrCl2FO2S. The van der Waals surface area contributed by atoms with Gasteiger partial charge in [-0.2, -0.15) is 0 Å². The van der Waals surface area contributed by atoms with E-state index >= 15 is 0 Å². The summed E-state index contributed by atoms with van der Waals surface area (Å²) in [6.07, 6.45) is 0.462. The van der Waals surface area contributed by atoms with Crippen LogP contribution in [0.15, 0.2) is 16.6 Å². The van der Waals surface area contributed by atoms with Crippen molar-refractivity contribution in [2.24, 2.45) is 5.92 Å². The van der Waals surface area contributed by atoms with Gasteiger partial charge in [0.2, 0.25) is 0 Å². The van der Waals surface area contributed by atoms with Crippen molar-refractivity contribution < 1.29 is 12.8 Å². The lowest BCUT2D eigenvalue weighted by atomic mass is 9.98. The summed E-state index contributed by atoms with van der Waals surface area (Å²) in [6, 6.07) is 2.69. The van der Waals surface area contributed by atoms with E-state index in [9.17, 15) is 12.8 Å². The first-order valence-electron chi connectivity index (χ1n) is 5.29. The van der Waals surface area contributed by atoms with E-state index < -0.39 is 21.0 Å². The van der Waals surface area contributed by atoms with Crippen LogP contribution in [-0.4, -0.2) is 19.9 Å². The van der Waals surface area contributed by atoms with Gasteiger partial charge in [-0.3, -0.25) is 0 Å². The molecular weight excluding hydrogens is 366 g/mol. The van der Waals surface area contributed by atoms with Gasteiger partial charge in [-0.1, -0.05) is 11.6 Å². The van der Waals surface area contributed by atoms with Crippen molar-refractivity contribution >= 4 is 49.0 Å². The highest BCUT2D eigenvalue weighted by Crippen LogP contribution is 2.39. The topological polar surface area (TPSA) is 34.1 Å². The Kier molecular flexibility index (Phi) is 4.26. The smallest absolute Gasteiger partial charge is 0.150 e. The molecule has 0 aliphatic carbocycles. The first kappa shape index (κ1) is 14.6. The lowest BCUT2D eigenvalue weighted by Gasteiger charge is -2.17. The maximum atomic E-state index is 13.8. The van der Waals surface area contributed by atoms with Crippen LogP contribution in [0.4, 0.5) is 4.39 Å². The minimum atomic E-state index is -3.03. The largest absolute Gasteiger partial charge is 0.229 e. The molecule has 0 saturated carbocycles. The maximum absolute atomic E-state index is 13.8. The Morgan fingerprint density at radius 3 is 2.67 bits per heavy atom. The summed E-state index contributed by atoms with van der Waals surface area (Å²) in [5.41, 5.74) is 0.256. The Morgan fingerprint density at radius 2 is 2.11 bits per heavy atom. The van der Waals surface area contributed by atoms with E-state index in [1.54, 1.807) is 0 Å². The summed E-state index contributed by atoms with van der Waals surface area (Å²) in [4.78, 5) is 0. The molecule has 1 aliphatic rings. The van der Waals surface area contributed by atoms with Crippen LogP contribution >= 0.6 is 39.1 Å². The average Bonchev–Trinajstić information content (AvgIpc) is 2.63. The number of halogens is 4. The molecule has 2 rings (SSSR count). The SMILES string of the molecule is O=S1(=O)CCC(C(Cl)c2cc(Cl)c(Br)cc2F)C1. The number of hydrogen-bond acceptors (Lipinski definition) is 2. The summed E-state index contributed by atoms with van der Waals surface area (Å²) < 4.78 is 37.1. The van der Waals surface area contributed by atoms with Gasteiger partial charge >= 0.3 is 0 Å². The van der Waals surface area contributed by atoms with Gasteiger partial charge < -0.3 is 0 Å². The van der Waals surface area contributed by atoms with Crippen LogP contribution < -0.4 is 0 Å². The molecule has 1 heterocycles. The number of alkyl halides is 1. The van der Waals surface area contributed by atoms with Gasteiger partial charge in [0.1, 0.15) is 5.82 Å². The van der Waals surface area contributed by atoms with E-state index in [0.29, 0.717) is 15.9 Å². The molecule has 7 heteroatoms. The van der Waals surface area contributed by atoms with Crippen molar-refractivity contribution in [2.75, 3.05) is 11.5 Å². The number of sulfone groups is 1. The van der Waals surface area contributed by atoms with E-state index in [1.807, 2.05) is 0 Å². The molecule has 0 radical (unpaired) electrons. The standard InChI is InChI=1S/C11H10BrCl2FO2S/c12-8-4-10(15)7(3-9(8)13)11(14)6-1-2-18(16,17)5-6/h3-4,6,11H,1-2,5H2. The van der Waals surface area contributed by atoms with Gasteiger partial charge in [0.25, 0.3) is 0 Å². The van der Waals surface area contributed by atoms with E-state index in [4.69, 9.17) is 23.2 Å². The van der Waals surface area contributed by atoms with E-state index in [2.05, 4.69) is 15.9 Å². The molecule has 1 aliphatic heterocycles. The monoisotopic (exact) mass is 374 g/mol. The summed E-state index contributed by atoms with van der Waals surface area (Å²) in [5, 5.41) is -0.314. The van der Waals surface area contributed by atoms with Crippen LogP contribution in [0.25, 0.3) is 0 Å². The van der Waals surface area contributed by atoms with Gasteiger partial charge in [-0.25, -0.2) is 12.8 Å². The number of rotatable bonds is 2. The Bertz CT molecular complexity index is 577. The zero-order valence-corrected chi connectivity index (χ0v) is 13.1. The van der Waals surface area contributed by atoms with Crippen LogP contribution in [-0.2, 0) is 9.84 Å². The number of hydrogen-bond donors (Lipinski definition) is 0. The fraction of sp³-hybridized carbons (Fsp3) is 0.455. The molecule has 1 saturated heterocycles. The highest BCUT2D eigenvalue weighted by atomic mass is 79.9. The van der Waals surface area contributed by atoms with Gasteiger partial charge in [-0.05, 0) is 40.4 Å². The predicted molar refractivity (Wildman–Crippen MR) is 74.5 cm³/mol. The third-order valence-corrected chi connectivity index (χ3v) is 6.60. The highest BCUT2D eigenvalue weighted by Gasteiger charge is 2.34. The first-order chi connectivity index (χ1) is 8.30. The third kappa shape index (κ3) is 3.00. The number of benzene rings is 1. The Hall–Kier alpha value is 0.160. The van der Waals surface area contributed by atoms with Crippen LogP contribution in [0.2, 0.25) is 5.02 Å². The zero-order chi connectivity index (χ0) is 13.5. The molecule has 0 amide bonds. The van der Waals surface area contributed by atoms with Crippen molar-refractivity contribution in [2.45, 2.75) is 11.8 Å². The summed E-state index contributed by atoms with van der Waals surface area (Å²) in [7, 11) is -3.03. The van der Waals surface area contributed by atoms with Crippen LogP contribution in [0.3, 0.4) is 0 Å². The molecule has 100 valence electrons. The molecule has 2 nitrogen and oxygen atoms in total. The summed E-state index contributed by atoms with van der Waals surface area (Å²) in [6.45, 7) is 0. The molecule has 0 aromatic heterocycles. The van der Waals surface area contributed by atoms with Crippen molar-refractivity contribution in [3.63, 3.8) is 0 Å². The molecule has 0 bridgehead atoms. The van der Waals surface area contributed by atoms with Crippen molar-refractivity contribution in [1.82, 2.24) is 0 Å². The predicted octanol–water partition coefficient (Wildman–Crippen LogP) is 3.96. The Labute approximate surface area is 124 Å². The minimum absolute atomic E-state index is 0.00822. The minimum Gasteiger partial charge on any atom is -0.229 e. The van der Waals surface area contributed by atoms with Crippen LogP contribution in [0, 0.1) is 11.7 Å². The van der Waals surface area contributed by atoms with Crippen LogP contribution in [0.5, 0.6) is 0 Å².